The van der Waals surface area contributed by atoms with Gasteiger partial charge in [-0.1, -0.05) is 6.92 Å². The molecule has 3 heteroatoms. The minimum absolute atomic E-state index is 0.331. The lowest BCUT2D eigenvalue weighted by atomic mass is 10.1. The highest BCUT2D eigenvalue weighted by atomic mass is 16.3. The molecule has 2 rings (SSSR count). The molecule has 0 saturated heterocycles. The minimum atomic E-state index is 0.331. The molecule has 0 bridgehead atoms. The van der Waals surface area contributed by atoms with Crippen molar-refractivity contribution >= 4 is 0 Å². The van der Waals surface area contributed by atoms with Gasteiger partial charge in [-0.3, -0.25) is 0 Å². The van der Waals surface area contributed by atoms with Crippen LogP contribution in [0.4, 0.5) is 0 Å². The third-order valence-corrected chi connectivity index (χ3v) is 2.63. The number of phenolic OH excluding ortho intramolecular Hbond substituents is 1. The molecule has 0 atom stereocenters. The molecule has 0 amide bonds. The minimum Gasteiger partial charge on any atom is -0.508 e. The molecule has 0 aliphatic rings. The van der Waals surface area contributed by atoms with E-state index in [1.165, 1.54) is 0 Å². The average molecular weight is 216 g/mol. The summed E-state index contributed by atoms with van der Waals surface area (Å²) >= 11 is 0. The lowest BCUT2D eigenvalue weighted by molar-refractivity contribution is 0.471. The van der Waals surface area contributed by atoms with Gasteiger partial charge in [-0.15, -0.1) is 0 Å². The summed E-state index contributed by atoms with van der Waals surface area (Å²) in [4.78, 5) is 4.36. The highest BCUT2D eigenvalue weighted by Crippen LogP contribution is 2.24. The number of phenols is 1. The summed E-state index contributed by atoms with van der Waals surface area (Å²) in [6.07, 6.45) is 4.88. The van der Waals surface area contributed by atoms with Gasteiger partial charge in [-0.05, 0) is 37.1 Å². The molecule has 3 nitrogen and oxygen atoms in total. The monoisotopic (exact) mass is 216 g/mol. The van der Waals surface area contributed by atoms with Crippen LogP contribution in [0, 0.1) is 6.92 Å². The van der Waals surface area contributed by atoms with Gasteiger partial charge < -0.3 is 9.67 Å². The van der Waals surface area contributed by atoms with Crippen LogP contribution in [-0.4, -0.2) is 14.7 Å². The summed E-state index contributed by atoms with van der Waals surface area (Å²) in [5.74, 6) is 1.29. The van der Waals surface area contributed by atoms with Gasteiger partial charge in [0.2, 0.25) is 0 Å². The van der Waals surface area contributed by atoms with Crippen molar-refractivity contribution in [1.29, 1.82) is 0 Å². The van der Waals surface area contributed by atoms with Gasteiger partial charge in [-0.2, -0.15) is 0 Å². The Morgan fingerprint density at radius 3 is 2.88 bits per heavy atom. The Hall–Kier alpha value is -1.77. The maximum absolute atomic E-state index is 9.49. The van der Waals surface area contributed by atoms with E-state index in [4.69, 9.17) is 0 Å². The van der Waals surface area contributed by atoms with Gasteiger partial charge in [0.05, 0.1) is 0 Å². The number of aryl methyl sites for hydroxylation is 2. The van der Waals surface area contributed by atoms with Gasteiger partial charge in [0.15, 0.2) is 0 Å². The van der Waals surface area contributed by atoms with Crippen molar-refractivity contribution in [2.24, 2.45) is 0 Å². The molecule has 84 valence electrons. The van der Waals surface area contributed by atoms with Crippen LogP contribution >= 0.6 is 0 Å². The lowest BCUT2D eigenvalue weighted by Crippen LogP contribution is -1.98. The van der Waals surface area contributed by atoms with E-state index in [1.807, 2.05) is 31.5 Å². The van der Waals surface area contributed by atoms with E-state index in [2.05, 4.69) is 16.5 Å². The largest absolute Gasteiger partial charge is 0.508 e. The smallest absolute Gasteiger partial charge is 0.139 e. The quantitative estimate of drug-likeness (QED) is 0.856. The molecule has 0 saturated carbocycles. The Balaban J connectivity index is 2.42. The van der Waals surface area contributed by atoms with Crippen LogP contribution in [0.15, 0.2) is 30.6 Å². The first-order valence-electron chi connectivity index (χ1n) is 5.53. The fourth-order valence-corrected chi connectivity index (χ4v) is 1.79. The van der Waals surface area contributed by atoms with Crippen molar-refractivity contribution in [2.75, 3.05) is 0 Å². The predicted molar refractivity (Wildman–Crippen MR) is 64.4 cm³/mol. The lowest BCUT2D eigenvalue weighted by Gasteiger charge is -2.07. The molecule has 0 spiro atoms. The summed E-state index contributed by atoms with van der Waals surface area (Å²) in [6.45, 7) is 5.01. The van der Waals surface area contributed by atoms with Crippen molar-refractivity contribution in [3.05, 3.63) is 36.2 Å². The molecule has 0 aliphatic heterocycles. The molecule has 16 heavy (non-hydrogen) atoms. The molecule has 1 aromatic carbocycles. The summed E-state index contributed by atoms with van der Waals surface area (Å²) in [5, 5.41) is 9.49. The summed E-state index contributed by atoms with van der Waals surface area (Å²) in [6, 6.07) is 5.58. The number of aromatic hydroxyl groups is 1. The zero-order valence-electron chi connectivity index (χ0n) is 9.64. The van der Waals surface area contributed by atoms with Crippen LogP contribution in [0.5, 0.6) is 5.75 Å². The van der Waals surface area contributed by atoms with Crippen molar-refractivity contribution in [2.45, 2.75) is 26.8 Å². The van der Waals surface area contributed by atoms with Gasteiger partial charge in [-0.25, -0.2) is 4.98 Å². The standard InChI is InChI=1S/C13H16N2O/c1-3-7-15-8-6-14-13(15)11-4-5-12(16)10(2)9-11/h4-6,8-9,16H,3,7H2,1-2H3. The number of aromatic nitrogens is 2. The fourth-order valence-electron chi connectivity index (χ4n) is 1.79. The van der Waals surface area contributed by atoms with Crippen molar-refractivity contribution < 1.29 is 5.11 Å². The summed E-state index contributed by atoms with van der Waals surface area (Å²) in [5.41, 5.74) is 1.93. The van der Waals surface area contributed by atoms with E-state index in [0.29, 0.717) is 5.75 Å². The molecule has 0 aliphatic carbocycles. The molecule has 0 radical (unpaired) electrons. The number of nitrogens with zero attached hydrogens (tertiary/aromatic N) is 2. The number of rotatable bonds is 3. The average Bonchev–Trinajstić information content (AvgIpc) is 2.71. The first kappa shape index (κ1) is 10.7. The number of benzene rings is 1. The van der Waals surface area contributed by atoms with Crippen molar-refractivity contribution in [3.8, 4) is 17.1 Å². The summed E-state index contributed by atoms with van der Waals surface area (Å²) < 4.78 is 2.13. The van der Waals surface area contributed by atoms with Crippen molar-refractivity contribution in [3.63, 3.8) is 0 Å². The van der Waals surface area contributed by atoms with E-state index < -0.39 is 0 Å². The number of hydrogen-bond acceptors (Lipinski definition) is 2. The Morgan fingerprint density at radius 1 is 1.38 bits per heavy atom. The molecule has 0 unspecified atom stereocenters. The highest BCUT2D eigenvalue weighted by molar-refractivity contribution is 5.58. The molecule has 1 heterocycles. The second kappa shape index (κ2) is 4.39. The van der Waals surface area contributed by atoms with E-state index in [-0.39, 0.29) is 0 Å². The fraction of sp³-hybridized carbons (Fsp3) is 0.308. The van der Waals surface area contributed by atoms with Crippen LogP contribution in [0.3, 0.4) is 0 Å². The predicted octanol–water partition coefficient (Wildman–Crippen LogP) is 2.97. The van der Waals surface area contributed by atoms with Crippen LogP contribution in [-0.2, 0) is 6.54 Å². The molecular weight excluding hydrogens is 200 g/mol. The van der Waals surface area contributed by atoms with Crippen LogP contribution in [0.25, 0.3) is 11.4 Å². The first-order valence-corrected chi connectivity index (χ1v) is 5.53. The van der Waals surface area contributed by atoms with E-state index in [1.54, 1.807) is 6.07 Å². The Morgan fingerprint density at radius 2 is 2.19 bits per heavy atom. The third kappa shape index (κ3) is 1.94. The van der Waals surface area contributed by atoms with Gasteiger partial charge in [0, 0.05) is 24.5 Å². The van der Waals surface area contributed by atoms with E-state index in [9.17, 15) is 5.11 Å². The molecule has 1 N–H and O–H groups in total. The SMILES string of the molecule is CCCn1ccnc1-c1ccc(O)c(C)c1. The van der Waals surface area contributed by atoms with Crippen LogP contribution in [0.1, 0.15) is 18.9 Å². The maximum Gasteiger partial charge on any atom is 0.139 e. The highest BCUT2D eigenvalue weighted by Gasteiger charge is 2.06. The Kier molecular flexibility index (Phi) is 2.95. The maximum atomic E-state index is 9.49. The van der Waals surface area contributed by atoms with Crippen molar-refractivity contribution in [1.82, 2.24) is 9.55 Å². The van der Waals surface area contributed by atoms with Gasteiger partial charge in [0.1, 0.15) is 11.6 Å². The Labute approximate surface area is 95.4 Å². The number of hydrogen-bond donors (Lipinski definition) is 1. The zero-order chi connectivity index (χ0) is 11.5. The van der Waals surface area contributed by atoms with Crippen LogP contribution < -0.4 is 0 Å². The topological polar surface area (TPSA) is 38.0 Å². The second-order valence-electron chi connectivity index (χ2n) is 3.95. The van der Waals surface area contributed by atoms with E-state index in [0.717, 1.165) is 29.9 Å². The summed E-state index contributed by atoms with van der Waals surface area (Å²) in [7, 11) is 0. The Bertz CT molecular complexity index is 488. The van der Waals surface area contributed by atoms with Crippen LogP contribution in [0.2, 0.25) is 0 Å². The zero-order valence-corrected chi connectivity index (χ0v) is 9.64. The molecule has 0 fully saturated rings. The van der Waals surface area contributed by atoms with Gasteiger partial charge >= 0.3 is 0 Å². The van der Waals surface area contributed by atoms with E-state index >= 15 is 0 Å². The van der Waals surface area contributed by atoms with Gasteiger partial charge in [0.25, 0.3) is 0 Å². The molecular formula is C13H16N2O. The second-order valence-corrected chi connectivity index (χ2v) is 3.95. The normalized spacial score (nSPS) is 10.6. The molecule has 2 aromatic rings. The number of imidazole rings is 1. The third-order valence-electron chi connectivity index (χ3n) is 2.63. The first-order chi connectivity index (χ1) is 7.72. The molecule has 1 aromatic heterocycles.